The molecule has 3 aromatic rings. The quantitative estimate of drug-likeness (QED) is 0.603. The van der Waals surface area contributed by atoms with E-state index in [1.807, 2.05) is 25.1 Å². The maximum atomic E-state index is 13.2. The summed E-state index contributed by atoms with van der Waals surface area (Å²) in [6, 6.07) is 17.0. The van der Waals surface area contributed by atoms with Crippen molar-refractivity contribution in [3.05, 3.63) is 65.9 Å². The van der Waals surface area contributed by atoms with E-state index in [9.17, 15) is 8.42 Å². The number of nitrogens with one attached hydrogen (secondary N) is 1. The molecule has 0 saturated carbocycles. The first-order valence-corrected chi connectivity index (χ1v) is 11.8. The van der Waals surface area contributed by atoms with Crippen LogP contribution in [0.4, 0.5) is 0 Å². The Bertz CT molecular complexity index is 1120. The number of hydrogen-bond acceptors (Lipinski definition) is 6. The second kappa shape index (κ2) is 9.21. The second-order valence-electron chi connectivity index (χ2n) is 7.86. The van der Waals surface area contributed by atoms with Crippen LogP contribution in [0, 0.1) is 6.92 Å². The molecule has 2 aromatic carbocycles. The van der Waals surface area contributed by atoms with Gasteiger partial charge in [-0.2, -0.15) is 0 Å². The minimum atomic E-state index is -3.76. The van der Waals surface area contributed by atoms with Crippen LogP contribution in [0.3, 0.4) is 0 Å². The fourth-order valence-corrected chi connectivity index (χ4v) is 5.37. The average Bonchev–Trinajstić information content (AvgIpc) is 3.21. The fraction of sp³-hybridized carbons (Fsp3) is 0.348. The number of nitrogens with zero attached hydrogens (tertiary/aromatic N) is 2. The molecule has 7 nitrogen and oxygen atoms in total. The lowest BCUT2D eigenvalue weighted by Crippen LogP contribution is -2.44. The van der Waals surface area contributed by atoms with Gasteiger partial charge in [0.05, 0.1) is 12.8 Å². The Hall–Kier alpha value is -2.68. The first-order chi connectivity index (χ1) is 14.9. The van der Waals surface area contributed by atoms with Gasteiger partial charge in [-0.05, 0) is 43.5 Å². The molecular weight excluding hydrogens is 414 g/mol. The van der Waals surface area contributed by atoms with Crippen LogP contribution in [-0.4, -0.2) is 44.7 Å². The number of rotatable bonds is 7. The summed E-state index contributed by atoms with van der Waals surface area (Å²) in [5.41, 5.74) is 2.64. The Kier molecular flexibility index (Phi) is 6.41. The zero-order valence-corrected chi connectivity index (χ0v) is 18.6. The van der Waals surface area contributed by atoms with Gasteiger partial charge >= 0.3 is 0 Å². The number of ether oxygens (including phenoxy) is 1. The van der Waals surface area contributed by atoms with Crippen LogP contribution in [-0.2, 0) is 16.6 Å². The second-order valence-corrected chi connectivity index (χ2v) is 9.54. The van der Waals surface area contributed by atoms with Gasteiger partial charge in [0.1, 0.15) is 10.6 Å². The summed E-state index contributed by atoms with van der Waals surface area (Å²) in [5, 5.41) is 3.88. The van der Waals surface area contributed by atoms with E-state index in [1.54, 1.807) is 24.3 Å². The van der Waals surface area contributed by atoms with E-state index >= 15 is 0 Å². The van der Waals surface area contributed by atoms with Gasteiger partial charge in [0, 0.05) is 37.3 Å². The Balaban J connectivity index is 1.45. The standard InChI is InChI=1S/C23H27N3O4S/c1-17-14-22(30-24-17)19-8-9-21(29-2)23(15-19)31(27,28)25-20-10-12-26(13-11-20)16-18-6-4-3-5-7-18/h3-9,14-15,20,25H,10-13,16H2,1-2H3. The van der Waals surface area contributed by atoms with Gasteiger partial charge in [-0.25, -0.2) is 13.1 Å². The highest BCUT2D eigenvalue weighted by atomic mass is 32.2. The van der Waals surface area contributed by atoms with E-state index in [1.165, 1.54) is 12.7 Å². The number of hydrogen-bond donors (Lipinski definition) is 1. The minimum Gasteiger partial charge on any atom is -0.495 e. The van der Waals surface area contributed by atoms with Gasteiger partial charge in [0.2, 0.25) is 10.0 Å². The molecule has 4 rings (SSSR count). The van der Waals surface area contributed by atoms with Crippen molar-refractivity contribution in [2.75, 3.05) is 20.2 Å². The molecule has 1 aliphatic rings. The summed E-state index contributed by atoms with van der Waals surface area (Å²) in [6.07, 6.45) is 1.52. The van der Waals surface area contributed by atoms with Crippen LogP contribution in [0.1, 0.15) is 24.1 Å². The van der Waals surface area contributed by atoms with Crippen molar-refractivity contribution in [1.29, 1.82) is 0 Å². The summed E-state index contributed by atoms with van der Waals surface area (Å²) >= 11 is 0. The molecule has 1 aliphatic heterocycles. The SMILES string of the molecule is COc1ccc(-c2cc(C)no2)cc1S(=O)(=O)NC1CCN(Cc2ccccc2)CC1. The lowest BCUT2D eigenvalue weighted by molar-refractivity contribution is 0.200. The van der Waals surface area contributed by atoms with Crippen LogP contribution in [0.25, 0.3) is 11.3 Å². The molecule has 0 amide bonds. The highest BCUT2D eigenvalue weighted by Crippen LogP contribution is 2.31. The third-order valence-electron chi connectivity index (χ3n) is 5.52. The Morgan fingerprint density at radius 2 is 1.87 bits per heavy atom. The molecule has 164 valence electrons. The normalized spacial score (nSPS) is 15.8. The summed E-state index contributed by atoms with van der Waals surface area (Å²) < 4.78 is 39.9. The maximum absolute atomic E-state index is 13.2. The molecule has 1 saturated heterocycles. The summed E-state index contributed by atoms with van der Waals surface area (Å²) in [4.78, 5) is 2.46. The lowest BCUT2D eigenvalue weighted by atomic mass is 10.1. The zero-order valence-electron chi connectivity index (χ0n) is 17.7. The molecule has 8 heteroatoms. The minimum absolute atomic E-state index is 0.105. The first kappa shape index (κ1) is 21.5. The number of sulfonamides is 1. The molecule has 0 bridgehead atoms. The number of aromatic nitrogens is 1. The van der Waals surface area contributed by atoms with Gasteiger partial charge in [0.25, 0.3) is 0 Å². The van der Waals surface area contributed by atoms with Crippen LogP contribution in [0.5, 0.6) is 5.75 Å². The monoisotopic (exact) mass is 441 g/mol. The van der Waals surface area contributed by atoms with E-state index < -0.39 is 10.0 Å². The largest absolute Gasteiger partial charge is 0.495 e. The summed E-state index contributed by atoms with van der Waals surface area (Å²) in [6.45, 7) is 4.39. The molecule has 2 heterocycles. The molecule has 0 spiro atoms. The molecule has 1 N–H and O–H groups in total. The Labute approximate surface area is 183 Å². The highest BCUT2D eigenvalue weighted by molar-refractivity contribution is 7.89. The van der Waals surface area contributed by atoms with Gasteiger partial charge < -0.3 is 9.26 Å². The van der Waals surface area contributed by atoms with Crippen LogP contribution in [0.15, 0.2) is 64.0 Å². The van der Waals surface area contributed by atoms with Gasteiger partial charge in [0.15, 0.2) is 5.76 Å². The lowest BCUT2D eigenvalue weighted by Gasteiger charge is -2.32. The number of aryl methyl sites for hydroxylation is 1. The van der Waals surface area contributed by atoms with Crippen molar-refractivity contribution >= 4 is 10.0 Å². The van der Waals surface area contributed by atoms with Crippen molar-refractivity contribution in [2.24, 2.45) is 0 Å². The predicted octanol–water partition coefficient (Wildman–Crippen LogP) is 3.60. The Morgan fingerprint density at radius 3 is 2.52 bits per heavy atom. The highest BCUT2D eigenvalue weighted by Gasteiger charge is 2.27. The van der Waals surface area contributed by atoms with Gasteiger partial charge in [-0.15, -0.1) is 0 Å². The molecule has 31 heavy (non-hydrogen) atoms. The van der Waals surface area contributed by atoms with Crippen LogP contribution in [0.2, 0.25) is 0 Å². The van der Waals surface area contributed by atoms with Gasteiger partial charge in [-0.1, -0.05) is 35.5 Å². The van der Waals surface area contributed by atoms with E-state index in [-0.39, 0.29) is 10.9 Å². The third-order valence-corrected chi connectivity index (χ3v) is 7.07. The van der Waals surface area contributed by atoms with Crippen LogP contribution < -0.4 is 9.46 Å². The summed E-state index contributed by atoms with van der Waals surface area (Å²) in [5.74, 6) is 0.819. The van der Waals surface area contributed by atoms with Crippen molar-refractivity contribution in [1.82, 2.24) is 14.8 Å². The van der Waals surface area contributed by atoms with E-state index in [4.69, 9.17) is 9.26 Å². The maximum Gasteiger partial charge on any atom is 0.244 e. The third kappa shape index (κ3) is 5.15. The predicted molar refractivity (Wildman–Crippen MR) is 118 cm³/mol. The van der Waals surface area contributed by atoms with Crippen molar-refractivity contribution in [3.8, 4) is 17.1 Å². The van der Waals surface area contributed by atoms with Crippen LogP contribution >= 0.6 is 0 Å². The molecule has 0 atom stereocenters. The molecule has 1 fully saturated rings. The molecule has 1 aromatic heterocycles. The van der Waals surface area contributed by atoms with E-state index in [2.05, 4.69) is 26.9 Å². The first-order valence-electron chi connectivity index (χ1n) is 10.3. The van der Waals surface area contributed by atoms with E-state index in [0.29, 0.717) is 17.1 Å². The fourth-order valence-electron chi connectivity index (χ4n) is 3.87. The number of likely N-dealkylation sites (tertiary alicyclic amines) is 1. The van der Waals surface area contributed by atoms with Crippen molar-refractivity contribution in [2.45, 2.75) is 37.2 Å². The Morgan fingerprint density at radius 1 is 1.13 bits per heavy atom. The number of methoxy groups -OCH3 is 1. The molecule has 0 aliphatic carbocycles. The molecule has 0 unspecified atom stereocenters. The molecular formula is C23H27N3O4S. The average molecular weight is 442 g/mol. The molecule has 0 radical (unpaired) electrons. The smallest absolute Gasteiger partial charge is 0.244 e. The summed E-state index contributed by atoms with van der Waals surface area (Å²) in [7, 11) is -2.29. The number of benzene rings is 2. The van der Waals surface area contributed by atoms with Gasteiger partial charge in [-0.3, -0.25) is 4.90 Å². The number of piperidine rings is 1. The van der Waals surface area contributed by atoms with Crippen molar-refractivity contribution in [3.63, 3.8) is 0 Å². The van der Waals surface area contributed by atoms with E-state index in [0.717, 1.165) is 38.2 Å². The van der Waals surface area contributed by atoms with Crippen molar-refractivity contribution < 1.29 is 17.7 Å². The topological polar surface area (TPSA) is 84.7 Å². The zero-order chi connectivity index (χ0) is 21.8.